The molecule has 0 spiro atoms. The van der Waals surface area contributed by atoms with Gasteiger partial charge in [-0.15, -0.1) is 0 Å². The summed E-state index contributed by atoms with van der Waals surface area (Å²) < 4.78 is 5.98. The summed E-state index contributed by atoms with van der Waals surface area (Å²) in [5.41, 5.74) is 4.96. The number of fused-ring (bicyclic) bond motifs is 3. The van der Waals surface area contributed by atoms with E-state index >= 15 is 0 Å². The number of hydrogen-bond acceptors (Lipinski definition) is 4. The second-order valence-corrected chi connectivity index (χ2v) is 8.50. The zero-order valence-electron chi connectivity index (χ0n) is 17.5. The average molecular weight is 509 g/mol. The molecule has 0 atom stereocenters. The fourth-order valence-electron chi connectivity index (χ4n) is 3.94. The van der Waals surface area contributed by atoms with Crippen molar-refractivity contribution in [2.75, 3.05) is 18.5 Å². The smallest absolute Gasteiger partial charge is 0.407 e. The fraction of sp³-hybridized carbons (Fsp3) is 0.160. The number of ether oxygens (including phenoxy) is 1. The van der Waals surface area contributed by atoms with Crippen LogP contribution in [0.2, 0.25) is 0 Å². The molecule has 168 valence electrons. The van der Waals surface area contributed by atoms with Gasteiger partial charge >= 0.3 is 12.1 Å². The van der Waals surface area contributed by atoms with Crippen molar-refractivity contribution in [3.8, 4) is 11.1 Å². The Labute approximate surface area is 198 Å². The molecule has 0 aliphatic heterocycles. The minimum atomic E-state index is -1.09. The third kappa shape index (κ3) is 5.23. The van der Waals surface area contributed by atoms with Gasteiger partial charge in [-0.1, -0.05) is 64.5 Å². The number of carbonyl (C=O) groups excluding carboxylic acids is 2. The minimum Gasteiger partial charge on any atom is -0.478 e. The van der Waals surface area contributed by atoms with Crippen molar-refractivity contribution in [2.24, 2.45) is 0 Å². The number of halogens is 1. The highest BCUT2D eigenvalue weighted by atomic mass is 79.9. The zero-order valence-corrected chi connectivity index (χ0v) is 19.1. The molecular weight excluding hydrogens is 488 g/mol. The van der Waals surface area contributed by atoms with Gasteiger partial charge in [-0.25, -0.2) is 9.59 Å². The lowest BCUT2D eigenvalue weighted by Crippen LogP contribution is -2.29. The Morgan fingerprint density at radius 1 is 0.939 bits per heavy atom. The number of carboxylic acids is 1. The maximum Gasteiger partial charge on any atom is 0.407 e. The zero-order chi connectivity index (χ0) is 23.4. The highest BCUT2D eigenvalue weighted by molar-refractivity contribution is 9.10. The quantitative estimate of drug-likeness (QED) is 0.415. The average Bonchev–Trinajstić information content (AvgIpc) is 3.11. The molecule has 0 fully saturated rings. The normalized spacial score (nSPS) is 11.9. The second kappa shape index (κ2) is 9.87. The molecule has 8 heteroatoms. The summed E-state index contributed by atoms with van der Waals surface area (Å²) in [5, 5.41) is 14.3. The number of aromatic carboxylic acids is 1. The second-order valence-electron chi connectivity index (χ2n) is 7.58. The lowest BCUT2D eigenvalue weighted by Gasteiger charge is -2.14. The van der Waals surface area contributed by atoms with Gasteiger partial charge in [-0.2, -0.15) is 0 Å². The van der Waals surface area contributed by atoms with E-state index in [1.807, 2.05) is 36.4 Å². The maximum atomic E-state index is 12.2. The maximum absolute atomic E-state index is 12.2. The molecule has 0 aromatic heterocycles. The molecule has 0 saturated carbocycles. The van der Waals surface area contributed by atoms with Crippen molar-refractivity contribution in [1.29, 1.82) is 0 Å². The Morgan fingerprint density at radius 3 is 2.21 bits per heavy atom. The standard InChI is InChI=1S/C25H21BrN2O5/c26-16-11-15(24(30)31)12-17(13-16)28-23(29)9-10-27-25(32)33-14-22-20-7-3-1-5-18(20)19-6-2-4-8-21(19)22/h1-8,11-13,22H,9-10,14H2,(H,27,32)(H,28,29)(H,30,31). The summed E-state index contributed by atoms with van der Waals surface area (Å²) in [6, 6.07) is 20.6. The van der Waals surface area contributed by atoms with Crippen LogP contribution >= 0.6 is 15.9 Å². The number of rotatable bonds is 7. The molecule has 3 N–H and O–H groups in total. The van der Waals surface area contributed by atoms with Crippen molar-refractivity contribution in [2.45, 2.75) is 12.3 Å². The van der Waals surface area contributed by atoms with Gasteiger partial charge < -0.3 is 20.5 Å². The van der Waals surface area contributed by atoms with Gasteiger partial charge in [0.1, 0.15) is 6.61 Å². The fourth-order valence-corrected chi connectivity index (χ4v) is 4.43. The minimum absolute atomic E-state index is 0.0130. The van der Waals surface area contributed by atoms with E-state index in [0.29, 0.717) is 10.2 Å². The number of carbonyl (C=O) groups is 3. The summed E-state index contributed by atoms with van der Waals surface area (Å²) in [6.07, 6.45) is -0.584. The lowest BCUT2D eigenvalue weighted by molar-refractivity contribution is -0.116. The van der Waals surface area contributed by atoms with E-state index in [4.69, 9.17) is 9.84 Å². The van der Waals surface area contributed by atoms with Crippen molar-refractivity contribution >= 4 is 39.6 Å². The molecule has 3 aromatic rings. The monoisotopic (exact) mass is 508 g/mol. The third-order valence-corrected chi connectivity index (χ3v) is 5.85. The van der Waals surface area contributed by atoms with Crippen LogP contribution in [0, 0.1) is 0 Å². The molecule has 1 aliphatic carbocycles. The Bertz CT molecular complexity index is 1180. The van der Waals surface area contributed by atoms with E-state index in [2.05, 4.69) is 38.7 Å². The number of nitrogens with one attached hydrogen (secondary N) is 2. The van der Waals surface area contributed by atoms with Gasteiger partial charge in [0, 0.05) is 29.0 Å². The van der Waals surface area contributed by atoms with Crippen LogP contribution in [0.15, 0.2) is 71.2 Å². The number of alkyl carbamates (subject to hydrolysis) is 1. The topological polar surface area (TPSA) is 105 Å². The molecule has 2 amide bonds. The first-order valence-electron chi connectivity index (χ1n) is 10.3. The molecule has 3 aromatic carbocycles. The van der Waals surface area contributed by atoms with Crippen molar-refractivity contribution < 1.29 is 24.2 Å². The molecule has 7 nitrogen and oxygen atoms in total. The molecular formula is C25H21BrN2O5. The SMILES string of the molecule is O=C(CCNC(=O)OCC1c2ccccc2-c2ccccc21)Nc1cc(Br)cc(C(=O)O)c1. The molecule has 33 heavy (non-hydrogen) atoms. The third-order valence-electron chi connectivity index (χ3n) is 5.39. The van der Waals surface area contributed by atoms with E-state index in [-0.39, 0.29) is 37.0 Å². The summed E-state index contributed by atoms with van der Waals surface area (Å²) in [7, 11) is 0. The van der Waals surface area contributed by atoms with Crippen molar-refractivity contribution in [3.05, 3.63) is 87.9 Å². The van der Waals surface area contributed by atoms with Crippen LogP contribution in [0.3, 0.4) is 0 Å². The van der Waals surface area contributed by atoms with Gasteiger partial charge in [-0.05, 0) is 40.5 Å². The molecule has 0 saturated heterocycles. The molecule has 0 radical (unpaired) electrons. The predicted molar refractivity (Wildman–Crippen MR) is 127 cm³/mol. The van der Waals surface area contributed by atoms with E-state index < -0.39 is 12.1 Å². The summed E-state index contributed by atoms with van der Waals surface area (Å²) in [5.74, 6) is -1.49. The van der Waals surface area contributed by atoms with Crippen LogP contribution in [-0.2, 0) is 9.53 Å². The summed E-state index contributed by atoms with van der Waals surface area (Å²) in [6.45, 7) is 0.282. The van der Waals surface area contributed by atoms with Gasteiger partial charge in [0.2, 0.25) is 5.91 Å². The Balaban J connectivity index is 1.27. The van der Waals surface area contributed by atoms with Crippen LogP contribution in [0.4, 0.5) is 10.5 Å². The summed E-state index contributed by atoms with van der Waals surface area (Å²) in [4.78, 5) is 35.5. The number of anilines is 1. The number of hydrogen-bond donors (Lipinski definition) is 3. The van der Waals surface area contributed by atoms with E-state index in [1.165, 1.54) is 12.1 Å². The largest absolute Gasteiger partial charge is 0.478 e. The number of benzene rings is 3. The predicted octanol–water partition coefficient (Wildman–Crippen LogP) is 5.01. The first kappa shape index (κ1) is 22.5. The Morgan fingerprint density at radius 2 is 1.58 bits per heavy atom. The molecule has 1 aliphatic rings. The first-order chi connectivity index (χ1) is 15.9. The van der Waals surface area contributed by atoms with Crippen LogP contribution in [0.1, 0.15) is 33.8 Å². The van der Waals surface area contributed by atoms with Gasteiger partial charge in [-0.3, -0.25) is 4.79 Å². The van der Waals surface area contributed by atoms with Gasteiger partial charge in [0.05, 0.1) is 5.56 Å². The molecule has 0 unspecified atom stereocenters. The summed E-state index contributed by atoms with van der Waals surface area (Å²) >= 11 is 3.22. The van der Waals surface area contributed by atoms with E-state index in [9.17, 15) is 14.4 Å². The number of amides is 2. The lowest BCUT2D eigenvalue weighted by atomic mass is 9.98. The molecule has 0 heterocycles. The van der Waals surface area contributed by atoms with Crippen LogP contribution in [-0.4, -0.2) is 36.2 Å². The van der Waals surface area contributed by atoms with Crippen molar-refractivity contribution in [1.82, 2.24) is 5.32 Å². The first-order valence-corrected chi connectivity index (χ1v) is 11.1. The number of carboxylic acid groups (broad SMARTS) is 1. The van der Waals surface area contributed by atoms with Crippen LogP contribution in [0.25, 0.3) is 11.1 Å². The van der Waals surface area contributed by atoms with Crippen LogP contribution < -0.4 is 10.6 Å². The Kier molecular flexibility index (Phi) is 6.74. The van der Waals surface area contributed by atoms with Gasteiger partial charge in [0.15, 0.2) is 0 Å². The highest BCUT2D eigenvalue weighted by Crippen LogP contribution is 2.44. The highest BCUT2D eigenvalue weighted by Gasteiger charge is 2.28. The van der Waals surface area contributed by atoms with E-state index in [0.717, 1.165) is 22.3 Å². The molecule has 4 rings (SSSR count). The van der Waals surface area contributed by atoms with E-state index in [1.54, 1.807) is 6.07 Å². The van der Waals surface area contributed by atoms with Crippen molar-refractivity contribution in [3.63, 3.8) is 0 Å². The van der Waals surface area contributed by atoms with Gasteiger partial charge in [0.25, 0.3) is 0 Å². The van der Waals surface area contributed by atoms with Crippen LogP contribution in [0.5, 0.6) is 0 Å². The molecule has 0 bridgehead atoms. The Hall–Kier alpha value is -3.65.